The number of nitrogens with one attached hydrogen (secondary N) is 1. The summed E-state index contributed by atoms with van der Waals surface area (Å²) in [7, 11) is 0. The maximum Gasteiger partial charge on any atom is 0.248 e. The molecule has 2 rings (SSSR count). The average Bonchev–Trinajstić information content (AvgIpc) is 2.31. The molecular formula is C11H10N4O. The van der Waals surface area contributed by atoms with Crippen molar-refractivity contribution in [3.63, 3.8) is 0 Å². The molecule has 3 N–H and O–H groups in total. The number of aromatic nitrogens is 2. The fourth-order valence-corrected chi connectivity index (χ4v) is 1.23. The van der Waals surface area contributed by atoms with Gasteiger partial charge in [-0.05, 0) is 30.3 Å². The first kappa shape index (κ1) is 10.1. The third-order valence-corrected chi connectivity index (χ3v) is 2.02. The summed E-state index contributed by atoms with van der Waals surface area (Å²) in [5.74, 6) is 0.260. The van der Waals surface area contributed by atoms with Gasteiger partial charge >= 0.3 is 0 Å². The number of anilines is 2. The van der Waals surface area contributed by atoms with E-state index in [2.05, 4.69) is 15.3 Å². The van der Waals surface area contributed by atoms with Crippen LogP contribution in [-0.4, -0.2) is 15.9 Å². The van der Waals surface area contributed by atoms with Crippen LogP contribution in [0, 0.1) is 0 Å². The number of hydrogen-bond donors (Lipinski definition) is 2. The van der Waals surface area contributed by atoms with Crippen molar-refractivity contribution in [2.75, 3.05) is 5.32 Å². The lowest BCUT2D eigenvalue weighted by atomic mass is 10.2. The van der Waals surface area contributed by atoms with Gasteiger partial charge in [0.05, 0.1) is 0 Å². The van der Waals surface area contributed by atoms with E-state index in [4.69, 9.17) is 5.73 Å². The minimum absolute atomic E-state index is 0.436. The summed E-state index contributed by atoms with van der Waals surface area (Å²) in [5, 5.41) is 3.07. The molecule has 1 amide bonds. The van der Waals surface area contributed by atoms with Crippen LogP contribution in [0.1, 0.15) is 10.4 Å². The van der Waals surface area contributed by atoms with Crippen molar-refractivity contribution in [1.82, 2.24) is 9.97 Å². The van der Waals surface area contributed by atoms with Crippen molar-refractivity contribution >= 4 is 17.4 Å². The SMILES string of the molecule is NC(=O)c1ccc(Nc2ccncn2)cc1. The van der Waals surface area contributed by atoms with Crippen LogP contribution in [0.4, 0.5) is 11.5 Å². The molecule has 0 spiro atoms. The maximum atomic E-state index is 10.9. The van der Waals surface area contributed by atoms with Gasteiger partial charge in [0.15, 0.2) is 0 Å². The van der Waals surface area contributed by atoms with E-state index in [0.29, 0.717) is 11.4 Å². The van der Waals surface area contributed by atoms with Crippen LogP contribution in [0.15, 0.2) is 42.9 Å². The molecule has 0 aliphatic rings. The van der Waals surface area contributed by atoms with E-state index in [-0.39, 0.29) is 0 Å². The number of amides is 1. The number of rotatable bonds is 3. The van der Waals surface area contributed by atoms with Crippen LogP contribution >= 0.6 is 0 Å². The lowest BCUT2D eigenvalue weighted by Crippen LogP contribution is -2.10. The highest BCUT2D eigenvalue weighted by Crippen LogP contribution is 2.13. The summed E-state index contributed by atoms with van der Waals surface area (Å²) < 4.78 is 0. The molecule has 0 fully saturated rings. The number of carbonyl (C=O) groups is 1. The molecule has 0 radical (unpaired) electrons. The molecule has 16 heavy (non-hydrogen) atoms. The Labute approximate surface area is 92.3 Å². The predicted octanol–water partition coefficient (Wildman–Crippen LogP) is 1.32. The third-order valence-electron chi connectivity index (χ3n) is 2.02. The minimum atomic E-state index is -0.436. The summed E-state index contributed by atoms with van der Waals surface area (Å²) in [4.78, 5) is 18.7. The third kappa shape index (κ3) is 2.33. The van der Waals surface area contributed by atoms with Gasteiger partial charge in [-0.15, -0.1) is 0 Å². The van der Waals surface area contributed by atoms with E-state index < -0.39 is 5.91 Å². The fraction of sp³-hybridized carbons (Fsp3) is 0. The van der Waals surface area contributed by atoms with Crippen LogP contribution in [0.3, 0.4) is 0 Å². The second-order valence-electron chi connectivity index (χ2n) is 3.16. The second kappa shape index (κ2) is 4.39. The summed E-state index contributed by atoms with van der Waals surface area (Å²) in [6.45, 7) is 0. The Morgan fingerprint density at radius 3 is 2.50 bits per heavy atom. The van der Waals surface area contributed by atoms with Crippen LogP contribution in [0.2, 0.25) is 0 Å². The molecule has 0 atom stereocenters. The maximum absolute atomic E-state index is 10.9. The van der Waals surface area contributed by atoms with Crippen molar-refractivity contribution in [3.05, 3.63) is 48.4 Å². The van der Waals surface area contributed by atoms with Crippen molar-refractivity contribution in [2.24, 2.45) is 5.73 Å². The molecule has 5 nitrogen and oxygen atoms in total. The van der Waals surface area contributed by atoms with Gasteiger partial charge in [0.2, 0.25) is 5.91 Å². The van der Waals surface area contributed by atoms with Gasteiger partial charge in [0.1, 0.15) is 12.1 Å². The van der Waals surface area contributed by atoms with Gasteiger partial charge in [0, 0.05) is 17.4 Å². The van der Waals surface area contributed by atoms with Crippen LogP contribution in [-0.2, 0) is 0 Å². The Morgan fingerprint density at radius 1 is 1.19 bits per heavy atom. The molecule has 0 bridgehead atoms. The zero-order chi connectivity index (χ0) is 11.4. The lowest BCUT2D eigenvalue weighted by molar-refractivity contribution is 0.100. The Bertz CT molecular complexity index is 481. The highest BCUT2D eigenvalue weighted by atomic mass is 16.1. The number of primary amides is 1. The van der Waals surface area contributed by atoms with Gasteiger partial charge in [-0.1, -0.05) is 0 Å². The van der Waals surface area contributed by atoms with E-state index >= 15 is 0 Å². The van der Waals surface area contributed by atoms with E-state index in [1.54, 1.807) is 36.5 Å². The molecule has 1 aromatic heterocycles. The molecule has 0 unspecified atom stereocenters. The van der Waals surface area contributed by atoms with E-state index in [1.165, 1.54) is 6.33 Å². The Balaban J connectivity index is 2.14. The zero-order valence-electron chi connectivity index (χ0n) is 8.42. The Hall–Kier alpha value is -2.43. The van der Waals surface area contributed by atoms with Crippen LogP contribution in [0.5, 0.6) is 0 Å². The number of carbonyl (C=O) groups excluding carboxylic acids is 1. The number of nitrogens with zero attached hydrogens (tertiary/aromatic N) is 2. The first-order chi connectivity index (χ1) is 7.75. The summed E-state index contributed by atoms with van der Waals surface area (Å²) in [6, 6.07) is 8.60. The minimum Gasteiger partial charge on any atom is -0.366 e. The summed E-state index contributed by atoms with van der Waals surface area (Å²) >= 11 is 0. The standard InChI is InChI=1S/C11H10N4O/c12-11(16)8-1-3-9(4-2-8)15-10-5-6-13-7-14-10/h1-7H,(H2,12,16)(H,13,14,15). The molecule has 1 aromatic carbocycles. The molecule has 2 aromatic rings. The molecule has 0 aliphatic heterocycles. The first-order valence-corrected chi connectivity index (χ1v) is 4.68. The van der Waals surface area contributed by atoms with Crippen LogP contribution in [0.25, 0.3) is 0 Å². The molecule has 0 saturated carbocycles. The van der Waals surface area contributed by atoms with Crippen molar-refractivity contribution in [1.29, 1.82) is 0 Å². The zero-order valence-corrected chi connectivity index (χ0v) is 8.42. The van der Waals surface area contributed by atoms with Gasteiger partial charge in [-0.25, -0.2) is 9.97 Å². The molecule has 0 saturated heterocycles. The number of hydrogen-bond acceptors (Lipinski definition) is 4. The van der Waals surface area contributed by atoms with Crippen molar-refractivity contribution in [2.45, 2.75) is 0 Å². The number of nitrogens with two attached hydrogens (primary N) is 1. The quantitative estimate of drug-likeness (QED) is 0.807. The lowest BCUT2D eigenvalue weighted by Gasteiger charge is -2.04. The highest BCUT2D eigenvalue weighted by molar-refractivity contribution is 5.93. The van der Waals surface area contributed by atoms with Crippen molar-refractivity contribution < 1.29 is 4.79 Å². The van der Waals surface area contributed by atoms with Gasteiger partial charge in [0.25, 0.3) is 0 Å². The van der Waals surface area contributed by atoms with Crippen LogP contribution < -0.4 is 11.1 Å². The monoisotopic (exact) mass is 214 g/mol. The van der Waals surface area contributed by atoms with Gasteiger partial charge < -0.3 is 11.1 Å². The second-order valence-corrected chi connectivity index (χ2v) is 3.16. The number of benzene rings is 1. The van der Waals surface area contributed by atoms with E-state index in [0.717, 1.165) is 5.69 Å². The molecular weight excluding hydrogens is 204 g/mol. The van der Waals surface area contributed by atoms with Gasteiger partial charge in [-0.3, -0.25) is 4.79 Å². The topological polar surface area (TPSA) is 80.9 Å². The molecule has 80 valence electrons. The summed E-state index contributed by atoms with van der Waals surface area (Å²) in [5.41, 5.74) is 6.45. The average molecular weight is 214 g/mol. The largest absolute Gasteiger partial charge is 0.366 e. The first-order valence-electron chi connectivity index (χ1n) is 4.68. The molecule has 1 heterocycles. The Kier molecular flexibility index (Phi) is 2.77. The Morgan fingerprint density at radius 2 is 1.94 bits per heavy atom. The van der Waals surface area contributed by atoms with E-state index in [9.17, 15) is 4.79 Å². The molecule has 5 heteroatoms. The molecule has 0 aliphatic carbocycles. The highest BCUT2D eigenvalue weighted by Gasteiger charge is 1.99. The normalized spacial score (nSPS) is 9.75. The van der Waals surface area contributed by atoms with Gasteiger partial charge in [-0.2, -0.15) is 0 Å². The summed E-state index contributed by atoms with van der Waals surface area (Å²) in [6.07, 6.45) is 3.10. The van der Waals surface area contributed by atoms with E-state index in [1.807, 2.05) is 0 Å². The predicted molar refractivity (Wildman–Crippen MR) is 60.3 cm³/mol. The van der Waals surface area contributed by atoms with Crippen molar-refractivity contribution in [3.8, 4) is 0 Å². The fourth-order valence-electron chi connectivity index (χ4n) is 1.23. The smallest absolute Gasteiger partial charge is 0.248 e.